The molecule has 1 heterocycles. The molecule has 2 aromatic rings. The third kappa shape index (κ3) is 6.21. The molecule has 0 saturated carbocycles. The molecule has 2 N–H and O–H groups in total. The normalized spacial score (nSPS) is 16.6. The summed E-state index contributed by atoms with van der Waals surface area (Å²) >= 11 is 0. The van der Waals surface area contributed by atoms with Gasteiger partial charge in [-0.1, -0.05) is 36.4 Å². The van der Waals surface area contributed by atoms with Crippen molar-refractivity contribution < 1.29 is 24.1 Å². The number of methoxy groups -OCH3 is 2. The summed E-state index contributed by atoms with van der Waals surface area (Å²) in [4.78, 5) is 17.9. The number of nitrogens with zero attached hydrogens (tertiary/aromatic N) is 1. The Kier molecular flexibility index (Phi) is 8.32. The number of hydrogen-bond acceptors (Lipinski definition) is 3. The first-order valence-corrected chi connectivity index (χ1v) is 11.2. The molecule has 1 amide bonds. The van der Waals surface area contributed by atoms with Crippen LogP contribution in [0.4, 0.5) is 0 Å². The highest BCUT2D eigenvalue weighted by molar-refractivity contribution is 5.80. The topological polar surface area (TPSA) is 47.7 Å². The van der Waals surface area contributed by atoms with Crippen LogP contribution in [0.2, 0.25) is 0 Å². The van der Waals surface area contributed by atoms with Crippen molar-refractivity contribution in [2.45, 2.75) is 25.9 Å². The van der Waals surface area contributed by atoms with Gasteiger partial charge in [-0.2, -0.15) is 0 Å². The average molecular weight is 428 g/mol. The summed E-state index contributed by atoms with van der Waals surface area (Å²) in [5.74, 6) is 1.75. The first kappa shape index (κ1) is 23.1. The van der Waals surface area contributed by atoms with Gasteiger partial charge in [0.1, 0.15) is 6.54 Å². The summed E-state index contributed by atoms with van der Waals surface area (Å²) in [6.07, 6.45) is 0.888. The second-order valence-electron chi connectivity index (χ2n) is 8.50. The highest BCUT2D eigenvalue weighted by Gasteiger charge is 2.30. The largest absolute Gasteiger partial charge is 0.493 e. The van der Waals surface area contributed by atoms with Crippen LogP contribution >= 0.6 is 0 Å². The molecule has 2 atom stereocenters. The molecule has 6 heteroatoms. The molecule has 0 radical (unpaired) electrons. The summed E-state index contributed by atoms with van der Waals surface area (Å²) in [6, 6.07) is 16.6. The van der Waals surface area contributed by atoms with E-state index in [1.807, 2.05) is 12.1 Å². The van der Waals surface area contributed by atoms with Crippen LogP contribution in [-0.2, 0) is 17.8 Å². The van der Waals surface area contributed by atoms with Gasteiger partial charge in [0.15, 0.2) is 17.5 Å². The Morgan fingerprint density at radius 3 is 2.35 bits per heavy atom. The lowest BCUT2D eigenvalue weighted by molar-refractivity contribution is -0.918. The molecule has 0 spiro atoms. The van der Waals surface area contributed by atoms with Gasteiger partial charge in [0.2, 0.25) is 0 Å². The molecule has 1 unspecified atom stereocenters. The fourth-order valence-corrected chi connectivity index (χ4v) is 4.18. The van der Waals surface area contributed by atoms with Crippen molar-refractivity contribution >= 4 is 5.91 Å². The summed E-state index contributed by atoms with van der Waals surface area (Å²) in [5, 5.41) is 0. The zero-order valence-corrected chi connectivity index (χ0v) is 19.3. The van der Waals surface area contributed by atoms with Gasteiger partial charge in [0.05, 0.1) is 54.0 Å². The van der Waals surface area contributed by atoms with Crippen molar-refractivity contribution in [3.8, 4) is 11.5 Å². The molecule has 168 valence electrons. The minimum Gasteiger partial charge on any atom is -0.493 e. The van der Waals surface area contributed by atoms with Crippen LogP contribution in [0, 0.1) is 0 Å². The van der Waals surface area contributed by atoms with Gasteiger partial charge in [-0.25, -0.2) is 0 Å². The van der Waals surface area contributed by atoms with Gasteiger partial charge >= 0.3 is 0 Å². The van der Waals surface area contributed by atoms with Crippen molar-refractivity contribution in [2.75, 3.05) is 54.0 Å². The van der Waals surface area contributed by atoms with Crippen LogP contribution in [0.25, 0.3) is 0 Å². The fraction of sp³-hybridized carbons (Fsp3) is 0.480. The fourth-order valence-electron chi connectivity index (χ4n) is 4.18. The number of piperazine rings is 1. The lowest BCUT2D eigenvalue weighted by atomic mass is 10.1. The molecule has 1 aliphatic heterocycles. The van der Waals surface area contributed by atoms with E-state index in [2.05, 4.69) is 55.3 Å². The maximum Gasteiger partial charge on any atom is 0.280 e. The van der Waals surface area contributed by atoms with E-state index in [4.69, 9.17) is 9.47 Å². The van der Waals surface area contributed by atoms with Gasteiger partial charge in [0.25, 0.3) is 5.91 Å². The number of hydrogen-bond donors (Lipinski definition) is 2. The van der Waals surface area contributed by atoms with Gasteiger partial charge in [-0.15, -0.1) is 0 Å². The average Bonchev–Trinajstić information content (AvgIpc) is 2.82. The molecule has 3 rings (SSSR count). The van der Waals surface area contributed by atoms with Crippen molar-refractivity contribution in [2.24, 2.45) is 0 Å². The number of benzene rings is 2. The predicted molar refractivity (Wildman–Crippen MR) is 122 cm³/mol. The zero-order chi connectivity index (χ0) is 22.2. The third-order valence-corrected chi connectivity index (χ3v) is 6.44. The number of rotatable bonds is 9. The molecule has 1 saturated heterocycles. The number of ether oxygens (including phenoxy) is 2. The van der Waals surface area contributed by atoms with Gasteiger partial charge < -0.3 is 24.2 Å². The lowest BCUT2D eigenvalue weighted by Crippen LogP contribution is -3.15. The Balaban J connectivity index is 1.46. The van der Waals surface area contributed by atoms with E-state index >= 15 is 0 Å². The van der Waals surface area contributed by atoms with Crippen LogP contribution < -0.4 is 19.3 Å². The molecule has 0 bridgehead atoms. The maximum atomic E-state index is 13.1. The third-order valence-electron chi connectivity index (χ3n) is 6.44. The smallest absolute Gasteiger partial charge is 0.280 e. The van der Waals surface area contributed by atoms with E-state index in [9.17, 15) is 4.79 Å². The summed E-state index contributed by atoms with van der Waals surface area (Å²) in [6.45, 7) is 7.69. The first-order valence-electron chi connectivity index (χ1n) is 11.2. The van der Waals surface area contributed by atoms with Gasteiger partial charge in [-0.3, -0.25) is 4.79 Å². The highest BCUT2D eigenvalue weighted by atomic mass is 16.5. The van der Waals surface area contributed by atoms with Gasteiger partial charge in [-0.05, 0) is 24.6 Å². The second kappa shape index (κ2) is 11.2. The summed E-state index contributed by atoms with van der Waals surface area (Å²) in [5.41, 5.74) is 2.56. The highest BCUT2D eigenvalue weighted by Crippen LogP contribution is 2.27. The second-order valence-corrected chi connectivity index (χ2v) is 8.50. The van der Waals surface area contributed by atoms with Crippen molar-refractivity contribution in [1.82, 2.24) is 4.90 Å². The Labute approximate surface area is 186 Å². The Morgan fingerprint density at radius 1 is 1.03 bits per heavy atom. The number of amides is 1. The standard InChI is InChI=1S/C25H35N3O3/c1-20(26(2)13-12-21-10-11-23(30-3)24(18-21)31-4)25(29)28-16-14-27(15-17-28)19-22-8-6-5-7-9-22/h5-11,18,20H,12-17,19H2,1-4H3/p+2/t20-/m0/s1. The van der Waals surface area contributed by atoms with Crippen molar-refractivity contribution in [3.05, 3.63) is 59.7 Å². The monoisotopic (exact) mass is 427 g/mol. The van der Waals surface area contributed by atoms with Crippen LogP contribution in [-0.4, -0.2) is 70.8 Å². The molecule has 0 aliphatic carbocycles. The Hall–Kier alpha value is -2.57. The van der Waals surface area contributed by atoms with E-state index in [0.29, 0.717) is 0 Å². The number of likely N-dealkylation sites (N-methyl/N-ethyl adjacent to an activating group) is 1. The van der Waals surface area contributed by atoms with Crippen molar-refractivity contribution in [3.63, 3.8) is 0 Å². The van der Waals surface area contributed by atoms with E-state index in [1.54, 1.807) is 19.1 Å². The summed E-state index contributed by atoms with van der Waals surface area (Å²) in [7, 11) is 5.41. The van der Waals surface area contributed by atoms with Crippen molar-refractivity contribution in [1.29, 1.82) is 0 Å². The number of nitrogens with one attached hydrogen (secondary N) is 2. The maximum absolute atomic E-state index is 13.1. The minimum atomic E-state index is -0.0455. The summed E-state index contributed by atoms with van der Waals surface area (Å²) < 4.78 is 10.7. The van der Waals surface area contributed by atoms with Crippen LogP contribution in [0.5, 0.6) is 11.5 Å². The molecular formula is C25H37N3O3+2. The minimum absolute atomic E-state index is 0.0455. The number of carbonyl (C=O) groups excluding carboxylic acids is 1. The zero-order valence-electron chi connectivity index (χ0n) is 19.3. The quantitative estimate of drug-likeness (QED) is 0.596. The Morgan fingerprint density at radius 2 is 1.71 bits per heavy atom. The van der Waals surface area contributed by atoms with Crippen LogP contribution in [0.15, 0.2) is 48.5 Å². The molecule has 6 nitrogen and oxygen atoms in total. The number of carbonyl (C=O) groups is 1. The Bertz CT molecular complexity index is 835. The van der Waals surface area contributed by atoms with Gasteiger partial charge in [0, 0.05) is 12.0 Å². The molecule has 0 aromatic heterocycles. The molecule has 2 aromatic carbocycles. The predicted octanol–water partition coefficient (Wildman–Crippen LogP) is 0.0768. The van der Waals surface area contributed by atoms with E-state index in [1.165, 1.54) is 16.0 Å². The molecule has 1 fully saturated rings. The molecular weight excluding hydrogens is 390 g/mol. The van der Waals surface area contributed by atoms with E-state index < -0.39 is 0 Å². The first-order chi connectivity index (χ1) is 15.0. The van der Waals surface area contributed by atoms with Crippen LogP contribution in [0.3, 0.4) is 0 Å². The number of quaternary nitrogens is 2. The van der Waals surface area contributed by atoms with E-state index in [-0.39, 0.29) is 11.9 Å². The van der Waals surface area contributed by atoms with E-state index in [0.717, 1.165) is 57.2 Å². The lowest BCUT2D eigenvalue weighted by Gasteiger charge is -2.34. The van der Waals surface area contributed by atoms with Crippen LogP contribution in [0.1, 0.15) is 18.1 Å². The molecule has 31 heavy (non-hydrogen) atoms. The SMILES string of the molecule is COc1ccc(CC[NH+](C)[C@@H](C)C(=O)N2CC[NH+](Cc3ccccc3)CC2)cc1OC. The molecule has 1 aliphatic rings.